The number of rotatable bonds is 1. The fraction of sp³-hybridized carbons (Fsp3) is 0.929. The Bertz CT molecular complexity index is 365. The van der Waals surface area contributed by atoms with Crippen LogP contribution in [-0.2, 0) is 9.53 Å². The Labute approximate surface area is 113 Å². The number of fused-ring (bicyclic) bond motifs is 2. The maximum atomic E-state index is 14.7. The molecule has 1 aliphatic carbocycles. The van der Waals surface area contributed by atoms with E-state index in [1.54, 1.807) is 20.8 Å². The van der Waals surface area contributed by atoms with Gasteiger partial charge in [-0.15, -0.1) is 0 Å². The minimum absolute atomic E-state index is 0.0193. The molecule has 2 unspecified atom stereocenters. The molecule has 0 spiro atoms. The maximum absolute atomic E-state index is 14.7. The number of piperidine rings is 1. The minimum Gasteiger partial charge on any atom is -0.459 e. The fourth-order valence-electron chi connectivity index (χ4n) is 3.14. The van der Waals surface area contributed by atoms with Crippen molar-refractivity contribution in [2.75, 3.05) is 13.1 Å². The Balaban J connectivity index is 2.33. The van der Waals surface area contributed by atoms with Gasteiger partial charge in [-0.1, -0.05) is 12.8 Å². The van der Waals surface area contributed by atoms with Gasteiger partial charge in [-0.05, 0) is 33.6 Å². The first-order chi connectivity index (χ1) is 8.69. The predicted octanol–water partition coefficient (Wildman–Crippen LogP) is 2.74. The topological polar surface area (TPSA) is 38.3 Å². The molecule has 1 saturated heterocycles. The Morgan fingerprint density at radius 2 is 2.00 bits per heavy atom. The summed E-state index contributed by atoms with van der Waals surface area (Å²) in [5.41, 5.74) is -2.42. The van der Waals surface area contributed by atoms with Crippen molar-refractivity contribution in [2.45, 2.75) is 58.0 Å². The van der Waals surface area contributed by atoms with Gasteiger partial charge in [0.25, 0.3) is 5.92 Å². The molecule has 2 bridgehead atoms. The summed E-state index contributed by atoms with van der Waals surface area (Å²) < 4.78 is 34.7. The number of alkyl halides is 2. The number of nitrogens with one attached hydrogen (secondary N) is 1. The molecule has 5 heteroatoms. The number of carbonyl (C=O) groups is 1. The van der Waals surface area contributed by atoms with Crippen LogP contribution in [0.5, 0.6) is 0 Å². The summed E-state index contributed by atoms with van der Waals surface area (Å²) in [7, 11) is 0. The van der Waals surface area contributed by atoms with E-state index >= 15 is 0 Å². The first kappa shape index (κ1) is 14.7. The van der Waals surface area contributed by atoms with E-state index in [9.17, 15) is 13.6 Å². The lowest BCUT2D eigenvalue weighted by molar-refractivity contribution is -0.214. The molecule has 0 aromatic rings. The van der Waals surface area contributed by atoms with E-state index in [-0.39, 0.29) is 19.5 Å². The van der Waals surface area contributed by atoms with Crippen LogP contribution in [0.3, 0.4) is 0 Å². The zero-order valence-corrected chi connectivity index (χ0v) is 11.9. The van der Waals surface area contributed by atoms with E-state index in [1.807, 2.05) is 0 Å². The SMILES string of the molecule is CC(C)(C)OC(=O)C12CCCCC(CNC1)C2(F)F. The average molecular weight is 275 g/mol. The molecular weight excluding hydrogens is 252 g/mol. The van der Waals surface area contributed by atoms with Crippen molar-refractivity contribution in [3.63, 3.8) is 0 Å². The first-order valence-corrected chi connectivity index (χ1v) is 7.01. The second kappa shape index (κ2) is 4.69. The molecule has 0 radical (unpaired) electrons. The van der Waals surface area contributed by atoms with E-state index in [1.165, 1.54) is 0 Å². The van der Waals surface area contributed by atoms with Crippen LogP contribution in [0, 0.1) is 11.3 Å². The van der Waals surface area contributed by atoms with Crippen molar-refractivity contribution in [2.24, 2.45) is 11.3 Å². The highest BCUT2D eigenvalue weighted by molar-refractivity contribution is 5.79. The van der Waals surface area contributed by atoms with Crippen molar-refractivity contribution in [3.8, 4) is 0 Å². The standard InChI is InChI=1S/C14H23F2NO2/c1-12(2,3)19-11(18)13-7-5-4-6-10(8-17-9-13)14(13,15)16/h10,17H,4-9H2,1-3H3. The van der Waals surface area contributed by atoms with Crippen LogP contribution < -0.4 is 5.32 Å². The average Bonchev–Trinajstić information content (AvgIpc) is 2.35. The van der Waals surface area contributed by atoms with Crippen LogP contribution in [0.4, 0.5) is 8.78 Å². The van der Waals surface area contributed by atoms with Crippen molar-refractivity contribution in [1.82, 2.24) is 5.32 Å². The van der Waals surface area contributed by atoms with Gasteiger partial charge in [0.15, 0.2) is 0 Å². The lowest BCUT2D eigenvalue weighted by Crippen LogP contribution is -2.63. The molecule has 110 valence electrons. The summed E-state index contributed by atoms with van der Waals surface area (Å²) >= 11 is 0. The van der Waals surface area contributed by atoms with Gasteiger partial charge in [0, 0.05) is 19.0 Å². The fourth-order valence-corrected chi connectivity index (χ4v) is 3.14. The molecular formula is C14H23F2NO2. The third-order valence-corrected chi connectivity index (χ3v) is 4.16. The quantitative estimate of drug-likeness (QED) is 0.748. The van der Waals surface area contributed by atoms with Crippen LogP contribution in [0.25, 0.3) is 0 Å². The Morgan fingerprint density at radius 3 is 2.63 bits per heavy atom. The highest BCUT2D eigenvalue weighted by Crippen LogP contribution is 2.52. The van der Waals surface area contributed by atoms with Gasteiger partial charge in [-0.25, -0.2) is 8.78 Å². The monoisotopic (exact) mass is 275 g/mol. The summed E-state index contributed by atoms with van der Waals surface area (Å²) in [6, 6.07) is 0. The van der Waals surface area contributed by atoms with E-state index in [0.717, 1.165) is 6.42 Å². The zero-order chi connectivity index (χ0) is 14.3. The van der Waals surface area contributed by atoms with Gasteiger partial charge in [-0.2, -0.15) is 0 Å². The smallest absolute Gasteiger partial charge is 0.320 e. The summed E-state index contributed by atoms with van der Waals surface area (Å²) in [4.78, 5) is 12.4. The normalized spacial score (nSPS) is 34.5. The Hall–Kier alpha value is -0.710. The highest BCUT2D eigenvalue weighted by atomic mass is 19.3. The van der Waals surface area contributed by atoms with Crippen LogP contribution in [0.2, 0.25) is 0 Å². The summed E-state index contributed by atoms with van der Waals surface area (Å²) in [6.45, 7) is 5.45. The Morgan fingerprint density at radius 1 is 1.32 bits per heavy atom. The van der Waals surface area contributed by atoms with E-state index in [4.69, 9.17) is 4.74 Å². The first-order valence-electron chi connectivity index (χ1n) is 7.01. The van der Waals surface area contributed by atoms with Crippen LogP contribution >= 0.6 is 0 Å². The number of halogens is 2. The molecule has 1 aliphatic heterocycles. The number of ether oxygens (including phenoxy) is 1. The van der Waals surface area contributed by atoms with E-state index in [0.29, 0.717) is 12.8 Å². The summed E-state index contributed by atoms with van der Waals surface area (Å²) in [5, 5.41) is 3.01. The van der Waals surface area contributed by atoms with Crippen LogP contribution in [0.1, 0.15) is 46.5 Å². The van der Waals surface area contributed by atoms with Gasteiger partial charge in [0.1, 0.15) is 11.0 Å². The molecule has 0 aromatic carbocycles. The van der Waals surface area contributed by atoms with Crippen LogP contribution in [-0.4, -0.2) is 30.6 Å². The molecule has 2 fully saturated rings. The van der Waals surface area contributed by atoms with E-state index in [2.05, 4.69) is 5.32 Å². The van der Waals surface area contributed by atoms with Gasteiger partial charge in [0.05, 0.1) is 0 Å². The third kappa shape index (κ3) is 2.49. The molecule has 2 atom stereocenters. The lowest BCUT2D eigenvalue weighted by Gasteiger charge is -2.45. The van der Waals surface area contributed by atoms with Crippen molar-refractivity contribution in [3.05, 3.63) is 0 Å². The second-order valence-electron chi connectivity index (χ2n) is 6.78. The molecule has 2 aliphatic rings. The minimum atomic E-state index is -2.98. The predicted molar refractivity (Wildman–Crippen MR) is 68.1 cm³/mol. The van der Waals surface area contributed by atoms with Gasteiger partial charge in [-0.3, -0.25) is 4.79 Å². The molecule has 0 aromatic heterocycles. The second-order valence-corrected chi connectivity index (χ2v) is 6.78. The van der Waals surface area contributed by atoms with Gasteiger partial charge < -0.3 is 10.1 Å². The molecule has 1 heterocycles. The summed E-state index contributed by atoms with van der Waals surface area (Å²) in [6.07, 6.45) is 2.10. The van der Waals surface area contributed by atoms with Crippen molar-refractivity contribution < 1.29 is 18.3 Å². The number of carbonyl (C=O) groups excluding carboxylic acids is 1. The van der Waals surface area contributed by atoms with Gasteiger partial charge in [0.2, 0.25) is 0 Å². The number of esters is 1. The lowest BCUT2D eigenvalue weighted by atomic mass is 9.71. The van der Waals surface area contributed by atoms with Gasteiger partial charge >= 0.3 is 5.97 Å². The summed E-state index contributed by atoms with van der Waals surface area (Å²) in [5.74, 6) is -4.47. The highest BCUT2D eigenvalue weighted by Gasteiger charge is 2.65. The zero-order valence-electron chi connectivity index (χ0n) is 11.9. The van der Waals surface area contributed by atoms with E-state index < -0.39 is 28.8 Å². The third-order valence-electron chi connectivity index (χ3n) is 4.16. The largest absolute Gasteiger partial charge is 0.459 e. The number of hydrogen-bond donors (Lipinski definition) is 1. The van der Waals surface area contributed by atoms with Crippen LogP contribution in [0.15, 0.2) is 0 Å². The van der Waals surface area contributed by atoms with Crippen molar-refractivity contribution >= 4 is 5.97 Å². The molecule has 0 amide bonds. The Kier molecular flexibility index (Phi) is 3.62. The molecule has 3 nitrogen and oxygen atoms in total. The molecule has 1 saturated carbocycles. The molecule has 19 heavy (non-hydrogen) atoms. The molecule has 1 N–H and O–H groups in total. The maximum Gasteiger partial charge on any atom is 0.320 e. The molecule has 2 rings (SSSR count). The number of hydrogen-bond acceptors (Lipinski definition) is 3. The van der Waals surface area contributed by atoms with Crippen molar-refractivity contribution in [1.29, 1.82) is 0 Å².